The Balaban J connectivity index is 1.74. The summed E-state index contributed by atoms with van der Waals surface area (Å²) in [6.07, 6.45) is 6.00. The standard InChI is InChI=1S/C25H23NO2S3/c1-3-4-14-28-22-13-12-17-8-5-6-11-20(17)21(22)16-23-24(27)26(25(29)31-23)18-9-7-10-19(15-18)30-2/h5-13,15-16H,3-4,14H2,1-2H3/b23-16-. The van der Waals surface area contributed by atoms with Gasteiger partial charge in [0.1, 0.15) is 5.75 Å². The topological polar surface area (TPSA) is 29.5 Å². The molecule has 0 aromatic heterocycles. The lowest BCUT2D eigenvalue weighted by Crippen LogP contribution is -2.27. The molecule has 1 aliphatic rings. The maximum absolute atomic E-state index is 13.3. The van der Waals surface area contributed by atoms with Crippen LogP contribution in [0.25, 0.3) is 16.8 Å². The molecule has 1 fully saturated rings. The third-order valence-corrected chi connectivity index (χ3v) is 7.09. The van der Waals surface area contributed by atoms with Gasteiger partial charge in [0.2, 0.25) is 0 Å². The van der Waals surface area contributed by atoms with Crippen LogP contribution >= 0.6 is 35.7 Å². The molecular formula is C25H23NO2S3. The molecular weight excluding hydrogens is 442 g/mol. The minimum Gasteiger partial charge on any atom is -0.493 e. The maximum Gasteiger partial charge on any atom is 0.270 e. The van der Waals surface area contributed by atoms with Gasteiger partial charge in [0.15, 0.2) is 4.32 Å². The van der Waals surface area contributed by atoms with E-state index < -0.39 is 0 Å². The number of unbranched alkanes of at least 4 members (excludes halogenated alkanes) is 1. The van der Waals surface area contributed by atoms with Gasteiger partial charge in [-0.1, -0.05) is 73.7 Å². The molecule has 4 rings (SSSR count). The smallest absolute Gasteiger partial charge is 0.270 e. The second-order valence-electron chi connectivity index (χ2n) is 7.12. The summed E-state index contributed by atoms with van der Waals surface area (Å²) in [5.41, 5.74) is 1.72. The number of hydrogen-bond acceptors (Lipinski definition) is 5. The van der Waals surface area contributed by atoms with Gasteiger partial charge in [-0.15, -0.1) is 11.8 Å². The molecule has 0 radical (unpaired) electrons. The van der Waals surface area contributed by atoms with E-state index in [-0.39, 0.29) is 5.91 Å². The van der Waals surface area contributed by atoms with E-state index in [2.05, 4.69) is 25.1 Å². The van der Waals surface area contributed by atoms with Crippen molar-refractivity contribution in [1.82, 2.24) is 0 Å². The molecule has 3 aromatic carbocycles. The van der Waals surface area contributed by atoms with Gasteiger partial charge in [0, 0.05) is 10.5 Å². The summed E-state index contributed by atoms with van der Waals surface area (Å²) in [7, 11) is 0. The Bertz CT molecular complexity index is 1170. The molecule has 6 heteroatoms. The van der Waals surface area contributed by atoms with E-state index in [4.69, 9.17) is 17.0 Å². The Morgan fingerprint density at radius 3 is 2.77 bits per heavy atom. The van der Waals surface area contributed by atoms with E-state index in [1.807, 2.05) is 54.8 Å². The Kier molecular flexibility index (Phi) is 7.00. The van der Waals surface area contributed by atoms with E-state index >= 15 is 0 Å². The molecule has 1 amide bonds. The SMILES string of the molecule is CCCCOc1ccc2ccccc2c1/C=C1\SC(=S)N(c2cccc(SC)c2)C1=O. The first-order chi connectivity index (χ1) is 15.1. The van der Waals surface area contributed by atoms with Crippen LogP contribution in [0.3, 0.4) is 0 Å². The molecule has 31 heavy (non-hydrogen) atoms. The van der Waals surface area contributed by atoms with E-state index in [9.17, 15) is 4.79 Å². The fourth-order valence-corrected chi connectivity index (χ4v) is 5.18. The number of rotatable bonds is 7. The number of amides is 1. The molecule has 0 unspecified atom stereocenters. The number of fused-ring (bicyclic) bond motifs is 1. The molecule has 158 valence electrons. The fourth-order valence-electron chi connectivity index (χ4n) is 3.45. The van der Waals surface area contributed by atoms with Crippen LogP contribution in [0.5, 0.6) is 5.75 Å². The zero-order valence-electron chi connectivity index (χ0n) is 17.5. The highest BCUT2D eigenvalue weighted by molar-refractivity contribution is 8.27. The largest absolute Gasteiger partial charge is 0.493 e. The normalized spacial score (nSPS) is 15.3. The van der Waals surface area contributed by atoms with Crippen LogP contribution in [0.1, 0.15) is 25.3 Å². The number of benzene rings is 3. The summed E-state index contributed by atoms with van der Waals surface area (Å²) in [5, 5.41) is 2.17. The third kappa shape index (κ3) is 4.66. The number of carbonyl (C=O) groups is 1. The molecule has 0 spiro atoms. The van der Waals surface area contributed by atoms with Crippen molar-refractivity contribution in [2.24, 2.45) is 0 Å². The Hall–Kier alpha value is -2.28. The van der Waals surface area contributed by atoms with Crippen molar-refractivity contribution in [3.05, 3.63) is 71.1 Å². The first-order valence-electron chi connectivity index (χ1n) is 10.2. The lowest BCUT2D eigenvalue weighted by Gasteiger charge is -2.15. The number of nitrogens with zero attached hydrogens (tertiary/aromatic N) is 1. The minimum atomic E-state index is -0.0966. The molecule has 3 nitrogen and oxygen atoms in total. The highest BCUT2D eigenvalue weighted by atomic mass is 32.2. The maximum atomic E-state index is 13.3. The van der Waals surface area contributed by atoms with Gasteiger partial charge >= 0.3 is 0 Å². The van der Waals surface area contributed by atoms with Crippen LogP contribution in [-0.2, 0) is 4.79 Å². The van der Waals surface area contributed by atoms with Crippen LogP contribution in [0.2, 0.25) is 0 Å². The molecule has 0 aliphatic carbocycles. The number of thioether (sulfide) groups is 2. The zero-order chi connectivity index (χ0) is 21.8. The molecule has 0 atom stereocenters. The van der Waals surface area contributed by atoms with Crippen molar-refractivity contribution in [1.29, 1.82) is 0 Å². The van der Waals surface area contributed by atoms with Crippen molar-refractivity contribution in [2.75, 3.05) is 17.8 Å². The van der Waals surface area contributed by atoms with Crippen LogP contribution in [0, 0.1) is 0 Å². The van der Waals surface area contributed by atoms with Gasteiger partial charge in [0.25, 0.3) is 5.91 Å². The second-order valence-corrected chi connectivity index (χ2v) is 9.67. The zero-order valence-corrected chi connectivity index (χ0v) is 19.9. The molecule has 1 heterocycles. The molecule has 0 bridgehead atoms. The van der Waals surface area contributed by atoms with Crippen LogP contribution in [-0.4, -0.2) is 23.1 Å². The van der Waals surface area contributed by atoms with E-state index in [0.717, 1.165) is 45.5 Å². The quantitative estimate of drug-likeness (QED) is 0.160. The van der Waals surface area contributed by atoms with Crippen molar-refractivity contribution >= 4 is 68.5 Å². The van der Waals surface area contributed by atoms with Gasteiger partial charge < -0.3 is 4.74 Å². The summed E-state index contributed by atoms with van der Waals surface area (Å²) in [5.74, 6) is 0.697. The summed E-state index contributed by atoms with van der Waals surface area (Å²) >= 11 is 8.55. The first-order valence-corrected chi connectivity index (χ1v) is 12.6. The van der Waals surface area contributed by atoms with Gasteiger partial charge in [-0.05, 0) is 53.8 Å². The van der Waals surface area contributed by atoms with Gasteiger partial charge in [-0.2, -0.15) is 0 Å². The molecule has 1 aliphatic heterocycles. The predicted molar refractivity (Wildman–Crippen MR) is 138 cm³/mol. The van der Waals surface area contributed by atoms with E-state index in [1.54, 1.807) is 16.7 Å². The molecule has 0 N–H and O–H groups in total. The van der Waals surface area contributed by atoms with Crippen LogP contribution in [0.4, 0.5) is 5.69 Å². The average molecular weight is 466 g/mol. The number of thiocarbonyl (C=S) groups is 1. The summed E-state index contributed by atoms with van der Waals surface area (Å²) in [6, 6.07) is 20.1. The van der Waals surface area contributed by atoms with Gasteiger partial charge in [-0.25, -0.2) is 0 Å². The summed E-state index contributed by atoms with van der Waals surface area (Å²) < 4.78 is 6.63. The highest BCUT2D eigenvalue weighted by Crippen LogP contribution is 2.39. The number of carbonyl (C=O) groups excluding carboxylic acids is 1. The van der Waals surface area contributed by atoms with Crippen LogP contribution < -0.4 is 9.64 Å². The summed E-state index contributed by atoms with van der Waals surface area (Å²) in [6.45, 7) is 2.79. The summed E-state index contributed by atoms with van der Waals surface area (Å²) in [4.78, 5) is 16.7. The molecule has 0 saturated carbocycles. The van der Waals surface area contributed by atoms with E-state index in [1.165, 1.54) is 11.8 Å². The van der Waals surface area contributed by atoms with Crippen LogP contribution in [0.15, 0.2) is 70.5 Å². The minimum absolute atomic E-state index is 0.0966. The molecule has 3 aromatic rings. The molecule has 1 saturated heterocycles. The second kappa shape index (κ2) is 9.90. The van der Waals surface area contributed by atoms with Crippen molar-refractivity contribution in [3.8, 4) is 5.75 Å². The van der Waals surface area contributed by atoms with Crippen molar-refractivity contribution in [2.45, 2.75) is 24.7 Å². The Morgan fingerprint density at radius 2 is 1.97 bits per heavy atom. The fraction of sp³-hybridized carbons (Fsp3) is 0.200. The lowest BCUT2D eigenvalue weighted by molar-refractivity contribution is -0.113. The van der Waals surface area contributed by atoms with Gasteiger partial charge in [-0.3, -0.25) is 9.69 Å². The number of hydrogen-bond donors (Lipinski definition) is 0. The lowest BCUT2D eigenvalue weighted by atomic mass is 10.0. The van der Waals surface area contributed by atoms with Gasteiger partial charge in [0.05, 0.1) is 17.2 Å². The Labute approximate surface area is 196 Å². The predicted octanol–water partition coefficient (Wildman–Crippen LogP) is 7.15. The van der Waals surface area contributed by atoms with E-state index in [0.29, 0.717) is 15.8 Å². The first kappa shape index (κ1) is 21.9. The monoisotopic (exact) mass is 465 g/mol. The van der Waals surface area contributed by atoms with Crippen molar-refractivity contribution < 1.29 is 9.53 Å². The average Bonchev–Trinajstić information content (AvgIpc) is 3.08. The van der Waals surface area contributed by atoms with Crippen molar-refractivity contribution in [3.63, 3.8) is 0 Å². The number of ether oxygens (including phenoxy) is 1. The number of anilines is 1. The Morgan fingerprint density at radius 1 is 1.13 bits per heavy atom. The third-order valence-electron chi connectivity index (χ3n) is 5.07. The highest BCUT2D eigenvalue weighted by Gasteiger charge is 2.33.